The van der Waals surface area contributed by atoms with E-state index < -0.39 is 22.5 Å². The van der Waals surface area contributed by atoms with Crippen LogP contribution in [0.1, 0.15) is 27.9 Å². The summed E-state index contributed by atoms with van der Waals surface area (Å²) in [5.74, 6) is -0.793. The van der Waals surface area contributed by atoms with Gasteiger partial charge in [0, 0.05) is 28.6 Å². The number of hydrogen-bond acceptors (Lipinski definition) is 6. The van der Waals surface area contributed by atoms with Gasteiger partial charge in [-0.2, -0.15) is 0 Å². The summed E-state index contributed by atoms with van der Waals surface area (Å²) < 4.78 is 32.9. The number of fused-ring (bicyclic) bond motifs is 1. The third-order valence-electron chi connectivity index (χ3n) is 6.28. The molecule has 0 amide bonds. The second-order valence-corrected chi connectivity index (χ2v) is 11.6. The Kier molecular flexibility index (Phi) is 8.92. The van der Waals surface area contributed by atoms with Gasteiger partial charge in [0.05, 0.1) is 17.7 Å². The van der Waals surface area contributed by atoms with Gasteiger partial charge in [-0.1, -0.05) is 71.7 Å². The van der Waals surface area contributed by atoms with E-state index in [1.54, 1.807) is 36.4 Å². The van der Waals surface area contributed by atoms with Gasteiger partial charge in [-0.25, -0.2) is 8.42 Å². The van der Waals surface area contributed by atoms with E-state index in [4.69, 9.17) is 33.7 Å². The highest BCUT2D eigenvalue weighted by molar-refractivity contribution is 7.92. The van der Waals surface area contributed by atoms with Gasteiger partial charge in [0.2, 0.25) is 0 Å². The Balaban J connectivity index is 1.67. The molecule has 0 fully saturated rings. The zero-order chi connectivity index (χ0) is 28.2. The van der Waals surface area contributed by atoms with Crippen LogP contribution in [0.4, 0.5) is 5.69 Å². The van der Waals surface area contributed by atoms with E-state index in [2.05, 4.69) is 0 Å². The fraction of sp³-hybridized carbons (Fsp3) is 0.172. The number of benzene rings is 4. The normalized spacial score (nSPS) is 11.4. The maximum atomic E-state index is 13.6. The predicted molar refractivity (Wildman–Crippen MR) is 154 cm³/mol. The lowest BCUT2D eigenvalue weighted by atomic mass is 9.97. The number of halogens is 2. The maximum Gasteiger partial charge on any atom is 0.326 e. The van der Waals surface area contributed by atoms with Crippen LogP contribution in [0.3, 0.4) is 0 Å². The van der Waals surface area contributed by atoms with Crippen LogP contribution in [0.2, 0.25) is 10.0 Å². The molecule has 0 spiro atoms. The van der Waals surface area contributed by atoms with Crippen LogP contribution in [0.5, 0.6) is 0 Å². The second kappa shape index (κ2) is 12.2. The summed E-state index contributed by atoms with van der Waals surface area (Å²) in [7, 11) is -3.08. The van der Waals surface area contributed by atoms with Crippen molar-refractivity contribution in [3.63, 3.8) is 0 Å². The predicted octanol–water partition coefficient (Wildman–Crippen LogP) is 5.79. The first-order chi connectivity index (χ1) is 18.6. The van der Waals surface area contributed by atoms with Crippen LogP contribution in [0, 0.1) is 0 Å². The third kappa shape index (κ3) is 6.59. The summed E-state index contributed by atoms with van der Waals surface area (Å²) in [6.07, 6.45) is 0.882. The largest absolute Gasteiger partial charge is 0.468 e. The van der Waals surface area contributed by atoms with Gasteiger partial charge in [0.15, 0.2) is 5.78 Å². The van der Waals surface area contributed by atoms with Gasteiger partial charge in [-0.15, -0.1) is 0 Å². The van der Waals surface area contributed by atoms with Crippen LogP contribution in [0.15, 0.2) is 83.8 Å². The Labute approximate surface area is 237 Å². The molecular formula is C29H26Cl2N2O5S. The molecular weight excluding hydrogens is 559 g/mol. The number of ether oxygens (including phenoxy) is 1. The topological polar surface area (TPSA) is 107 Å². The number of aryl methyl sites for hydroxylation is 1. The van der Waals surface area contributed by atoms with Gasteiger partial charge in [0.25, 0.3) is 10.0 Å². The minimum absolute atomic E-state index is 0.0381. The number of anilines is 1. The summed E-state index contributed by atoms with van der Waals surface area (Å²) in [4.78, 5) is 25.2. The van der Waals surface area contributed by atoms with Crippen molar-refractivity contribution in [1.29, 1.82) is 0 Å². The lowest BCUT2D eigenvalue weighted by molar-refractivity contribution is -0.138. The van der Waals surface area contributed by atoms with Crippen LogP contribution in [-0.2, 0) is 32.5 Å². The average molecular weight is 586 g/mol. The van der Waals surface area contributed by atoms with E-state index in [0.29, 0.717) is 35.7 Å². The highest BCUT2D eigenvalue weighted by atomic mass is 35.5. The Morgan fingerprint density at radius 2 is 1.56 bits per heavy atom. The van der Waals surface area contributed by atoms with E-state index in [1.165, 1.54) is 25.3 Å². The number of hydrogen-bond donors (Lipinski definition) is 1. The minimum atomic E-state index is -4.25. The lowest BCUT2D eigenvalue weighted by Crippen LogP contribution is -2.36. The molecule has 39 heavy (non-hydrogen) atoms. The first kappa shape index (κ1) is 28.6. The fourth-order valence-electron chi connectivity index (χ4n) is 4.21. The van der Waals surface area contributed by atoms with Crippen molar-refractivity contribution in [2.75, 3.05) is 18.0 Å². The van der Waals surface area contributed by atoms with Crippen LogP contribution >= 0.6 is 23.2 Å². The number of carbonyl (C=O) groups excluding carboxylic acids is 2. The Morgan fingerprint density at radius 3 is 2.21 bits per heavy atom. The zero-order valence-electron chi connectivity index (χ0n) is 21.1. The number of Topliss-reactive ketones (excluding diaryl/α,β-unsaturated/α-hetero) is 1. The minimum Gasteiger partial charge on any atom is -0.468 e. The number of nitrogens with zero attached hydrogens (tertiary/aromatic N) is 1. The SMILES string of the molecule is COC(=O)CN(c1ccc2c(C(=O)CCc3ccc(CN)cc3)cccc2c1)S(=O)(=O)c1cc(Cl)cc(Cl)c1. The molecule has 0 aliphatic rings. The molecule has 0 atom stereocenters. The van der Waals surface area contributed by atoms with Gasteiger partial charge < -0.3 is 10.5 Å². The Hall–Kier alpha value is -3.43. The standard InChI is InChI=1S/C29H26Cl2N2O5S/c1-38-29(35)18-33(39(36,37)25-15-22(30)14-23(31)16-25)24-10-11-26-21(13-24)3-2-4-27(26)28(34)12-9-19-5-7-20(17-32)8-6-19/h2-8,10-11,13-16H,9,12,17-18,32H2,1H3. The van der Waals surface area contributed by atoms with Crippen molar-refractivity contribution in [2.45, 2.75) is 24.3 Å². The summed E-state index contributed by atoms with van der Waals surface area (Å²) in [5, 5.41) is 1.58. The number of esters is 1. The summed E-state index contributed by atoms with van der Waals surface area (Å²) in [6.45, 7) is -0.113. The van der Waals surface area contributed by atoms with Gasteiger partial charge in [0.1, 0.15) is 6.54 Å². The van der Waals surface area contributed by atoms with Crippen LogP contribution in [-0.4, -0.2) is 33.8 Å². The van der Waals surface area contributed by atoms with Crippen molar-refractivity contribution < 1.29 is 22.7 Å². The molecule has 0 heterocycles. The molecule has 7 nitrogen and oxygen atoms in total. The quantitative estimate of drug-likeness (QED) is 0.187. The van der Waals surface area contributed by atoms with Gasteiger partial charge in [-0.3, -0.25) is 13.9 Å². The first-order valence-electron chi connectivity index (χ1n) is 12.0. The highest BCUT2D eigenvalue weighted by Gasteiger charge is 2.28. The van der Waals surface area contributed by atoms with E-state index in [-0.39, 0.29) is 26.4 Å². The third-order valence-corrected chi connectivity index (χ3v) is 8.46. The molecule has 0 unspecified atom stereocenters. The molecule has 202 valence electrons. The van der Waals surface area contributed by atoms with Crippen molar-refractivity contribution in [3.05, 3.63) is 106 Å². The van der Waals surface area contributed by atoms with Crippen LogP contribution < -0.4 is 10.0 Å². The van der Waals surface area contributed by atoms with Crippen molar-refractivity contribution in [3.8, 4) is 0 Å². The molecule has 0 aromatic heterocycles. The average Bonchev–Trinajstić information content (AvgIpc) is 2.93. The molecule has 0 saturated heterocycles. The van der Waals surface area contributed by atoms with Crippen molar-refractivity contribution in [2.24, 2.45) is 5.73 Å². The summed E-state index contributed by atoms with van der Waals surface area (Å²) >= 11 is 12.1. The molecule has 0 bridgehead atoms. The maximum absolute atomic E-state index is 13.6. The molecule has 2 N–H and O–H groups in total. The Bertz CT molecular complexity index is 1620. The van der Waals surface area contributed by atoms with E-state index in [0.717, 1.165) is 15.4 Å². The zero-order valence-corrected chi connectivity index (χ0v) is 23.4. The molecule has 0 aliphatic carbocycles. The van der Waals surface area contributed by atoms with E-state index in [1.807, 2.05) is 24.3 Å². The number of sulfonamides is 1. The number of methoxy groups -OCH3 is 1. The number of carbonyl (C=O) groups is 2. The van der Waals surface area contributed by atoms with Gasteiger partial charge >= 0.3 is 5.97 Å². The Morgan fingerprint density at radius 1 is 0.897 bits per heavy atom. The fourth-order valence-corrected chi connectivity index (χ4v) is 6.33. The molecule has 0 radical (unpaired) electrons. The summed E-state index contributed by atoms with van der Waals surface area (Å²) in [6, 6.07) is 21.9. The molecule has 4 rings (SSSR count). The van der Waals surface area contributed by atoms with E-state index in [9.17, 15) is 18.0 Å². The summed E-state index contributed by atoms with van der Waals surface area (Å²) in [5.41, 5.74) is 8.46. The molecule has 4 aromatic rings. The number of ketones is 1. The molecule has 4 aromatic carbocycles. The smallest absolute Gasteiger partial charge is 0.326 e. The number of nitrogens with two attached hydrogens (primary N) is 1. The molecule has 0 saturated carbocycles. The molecule has 10 heteroatoms. The molecule has 0 aliphatic heterocycles. The first-order valence-corrected chi connectivity index (χ1v) is 14.2. The van der Waals surface area contributed by atoms with E-state index >= 15 is 0 Å². The number of rotatable bonds is 10. The highest BCUT2D eigenvalue weighted by Crippen LogP contribution is 2.31. The van der Waals surface area contributed by atoms with Gasteiger partial charge in [-0.05, 0) is 58.7 Å². The second-order valence-electron chi connectivity index (χ2n) is 8.85. The monoisotopic (exact) mass is 584 g/mol. The van der Waals surface area contributed by atoms with Crippen molar-refractivity contribution in [1.82, 2.24) is 0 Å². The van der Waals surface area contributed by atoms with Crippen molar-refractivity contribution >= 4 is 61.4 Å². The van der Waals surface area contributed by atoms with Crippen LogP contribution in [0.25, 0.3) is 10.8 Å². The lowest BCUT2D eigenvalue weighted by Gasteiger charge is -2.24.